The Bertz CT molecular complexity index is 1080. The second-order valence-electron chi connectivity index (χ2n) is 10.0. The van der Waals surface area contributed by atoms with Crippen molar-refractivity contribution in [3.8, 4) is 11.1 Å². The van der Waals surface area contributed by atoms with Crippen molar-refractivity contribution in [2.45, 2.75) is 56.8 Å². The van der Waals surface area contributed by atoms with E-state index in [4.69, 9.17) is 0 Å². The molecule has 1 amide bonds. The number of carbonyl (C=O) groups excluding carboxylic acids is 1. The van der Waals surface area contributed by atoms with Crippen molar-refractivity contribution in [3.05, 3.63) is 52.7 Å². The Balaban J connectivity index is 1.37. The van der Waals surface area contributed by atoms with Crippen molar-refractivity contribution in [2.75, 3.05) is 13.2 Å². The van der Waals surface area contributed by atoms with E-state index in [1.54, 1.807) is 12.4 Å². The number of hydrogen-bond acceptors (Lipinski definition) is 5. The van der Waals surface area contributed by atoms with Crippen LogP contribution in [0.2, 0.25) is 0 Å². The number of nitrogens with zero attached hydrogens (tertiary/aromatic N) is 3. The van der Waals surface area contributed by atoms with Gasteiger partial charge in [0.2, 0.25) is 5.91 Å². The fraction of sp³-hybridized carbons (Fsp3) is 0.560. The molecule has 2 saturated carbocycles. The molecule has 1 saturated heterocycles. The number of carbonyl (C=O) groups is 1. The summed E-state index contributed by atoms with van der Waals surface area (Å²) in [4.78, 5) is 33.1. The van der Waals surface area contributed by atoms with Crippen LogP contribution >= 0.6 is 0 Å². The van der Waals surface area contributed by atoms with Gasteiger partial charge in [-0.3, -0.25) is 19.5 Å². The lowest BCUT2D eigenvalue weighted by molar-refractivity contribution is -0.129. The first kappa shape index (κ1) is 20.1. The fourth-order valence-electron chi connectivity index (χ4n) is 6.00. The third-order valence-corrected chi connectivity index (χ3v) is 8.07. The first-order chi connectivity index (χ1) is 15.7. The molecule has 168 valence electrons. The van der Waals surface area contributed by atoms with Crippen molar-refractivity contribution in [3.63, 3.8) is 0 Å². The third kappa shape index (κ3) is 3.21. The number of aliphatic hydroxyl groups is 1. The van der Waals surface area contributed by atoms with E-state index < -0.39 is 0 Å². The summed E-state index contributed by atoms with van der Waals surface area (Å²) in [5.74, 6) is 0.578. The minimum Gasteiger partial charge on any atom is -0.396 e. The smallest absolute Gasteiger partial charge is 0.258 e. The normalized spacial score (nSPS) is 29.4. The fourth-order valence-corrected chi connectivity index (χ4v) is 6.00. The molecule has 7 nitrogen and oxygen atoms in total. The van der Waals surface area contributed by atoms with Crippen LogP contribution < -0.4 is 10.9 Å². The van der Waals surface area contributed by atoms with Crippen LogP contribution in [0.4, 0.5) is 0 Å². The zero-order valence-corrected chi connectivity index (χ0v) is 18.2. The molecule has 7 heteroatoms. The van der Waals surface area contributed by atoms with Crippen molar-refractivity contribution in [2.24, 2.45) is 17.8 Å². The van der Waals surface area contributed by atoms with E-state index in [2.05, 4.69) is 21.3 Å². The maximum Gasteiger partial charge on any atom is 0.258 e. The Kier molecular flexibility index (Phi) is 4.91. The topological polar surface area (TPSA) is 87.5 Å². The Labute approximate surface area is 187 Å². The molecule has 3 fully saturated rings. The van der Waals surface area contributed by atoms with Gasteiger partial charge < -0.3 is 15.0 Å². The van der Waals surface area contributed by atoms with Crippen molar-refractivity contribution in [1.82, 2.24) is 19.8 Å². The van der Waals surface area contributed by atoms with E-state index >= 15 is 0 Å². The van der Waals surface area contributed by atoms with Gasteiger partial charge in [0.1, 0.15) is 0 Å². The molecule has 0 radical (unpaired) electrons. The molecule has 0 aromatic carbocycles. The average Bonchev–Trinajstić information content (AvgIpc) is 3.43. The highest BCUT2D eigenvalue weighted by Gasteiger charge is 2.56. The molecule has 32 heavy (non-hydrogen) atoms. The first-order valence-electron chi connectivity index (χ1n) is 12.0. The predicted molar refractivity (Wildman–Crippen MR) is 120 cm³/mol. The number of likely N-dealkylation sites (tertiary alicyclic amines) is 1. The van der Waals surface area contributed by atoms with E-state index in [1.165, 1.54) is 19.3 Å². The minimum absolute atomic E-state index is 0.00151. The number of fused-ring (bicyclic) bond motifs is 3. The van der Waals surface area contributed by atoms with Gasteiger partial charge in [-0.1, -0.05) is 0 Å². The molecule has 6 rings (SSSR count). The SMILES string of the molecule is O=C(NC1CCC1)[C@@H]1[C@@H](CO)[C@@H]2Cn3c(ccc(-c4ccncc4)c3=O)[C@@H]2N1CC1CC1. The number of nitrogens with one attached hydrogen (secondary N) is 1. The lowest BCUT2D eigenvalue weighted by Crippen LogP contribution is -2.52. The van der Waals surface area contributed by atoms with Crippen LogP contribution in [0.15, 0.2) is 41.5 Å². The van der Waals surface area contributed by atoms with Crippen molar-refractivity contribution < 1.29 is 9.90 Å². The molecular formula is C25H30N4O3. The van der Waals surface area contributed by atoms with Crippen LogP contribution in [-0.2, 0) is 11.3 Å². The molecule has 0 unspecified atom stereocenters. The van der Waals surface area contributed by atoms with Crippen molar-refractivity contribution >= 4 is 5.91 Å². The summed E-state index contributed by atoms with van der Waals surface area (Å²) in [6.45, 7) is 1.38. The lowest BCUT2D eigenvalue weighted by Gasteiger charge is -2.34. The number of aromatic nitrogens is 2. The van der Waals surface area contributed by atoms with Crippen LogP contribution in [-0.4, -0.2) is 50.7 Å². The Morgan fingerprint density at radius 2 is 1.91 bits per heavy atom. The maximum absolute atomic E-state index is 13.4. The average molecular weight is 435 g/mol. The van der Waals surface area contributed by atoms with Crippen molar-refractivity contribution in [1.29, 1.82) is 0 Å². The van der Waals surface area contributed by atoms with Crippen LogP contribution in [0.25, 0.3) is 11.1 Å². The summed E-state index contributed by atoms with van der Waals surface area (Å²) < 4.78 is 1.88. The Hall–Kier alpha value is -2.51. The van der Waals surface area contributed by atoms with E-state index in [9.17, 15) is 14.7 Å². The van der Waals surface area contributed by atoms with Crippen LogP contribution in [0.5, 0.6) is 0 Å². The summed E-state index contributed by atoms with van der Waals surface area (Å²) >= 11 is 0. The molecule has 4 aliphatic rings. The summed E-state index contributed by atoms with van der Waals surface area (Å²) in [5.41, 5.74) is 2.52. The zero-order valence-electron chi connectivity index (χ0n) is 18.2. The maximum atomic E-state index is 13.4. The summed E-state index contributed by atoms with van der Waals surface area (Å²) in [6.07, 6.45) is 9.07. The van der Waals surface area contributed by atoms with Crippen LogP contribution in [0.1, 0.15) is 43.8 Å². The summed E-state index contributed by atoms with van der Waals surface area (Å²) in [5, 5.41) is 13.6. The van der Waals surface area contributed by atoms with E-state index in [0.717, 1.165) is 30.6 Å². The molecule has 2 aliphatic heterocycles. The molecule has 2 aromatic rings. The van der Waals surface area contributed by atoms with Crippen LogP contribution in [0.3, 0.4) is 0 Å². The third-order valence-electron chi connectivity index (χ3n) is 8.07. The van der Waals surface area contributed by atoms with Crippen LogP contribution in [0, 0.1) is 17.8 Å². The number of hydrogen-bond donors (Lipinski definition) is 2. The van der Waals surface area contributed by atoms with Gasteiger partial charge in [0.25, 0.3) is 5.56 Å². The number of pyridine rings is 2. The number of aliphatic hydroxyl groups excluding tert-OH is 1. The Morgan fingerprint density at radius 3 is 2.56 bits per heavy atom. The van der Waals surface area contributed by atoms with Gasteiger partial charge in [0.05, 0.1) is 12.1 Å². The second-order valence-corrected chi connectivity index (χ2v) is 10.0. The van der Waals surface area contributed by atoms with E-state index in [1.807, 2.05) is 22.8 Å². The monoisotopic (exact) mass is 434 g/mol. The van der Waals surface area contributed by atoms with Gasteiger partial charge in [-0.2, -0.15) is 0 Å². The van der Waals surface area contributed by atoms with E-state index in [0.29, 0.717) is 18.0 Å². The molecule has 4 atom stereocenters. The van der Waals surface area contributed by atoms with Gasteiger partial charge in [0, 0.05) is 61.2 Å². The summed E-state index contributed by atoms with van der Waals surface area (Å²) in [7, 11) is 0. The molecule has 2 aromatic heterocycles. The van der Waals surface area contributed by atoms with Gasteiger partial charge >= 0.3 is 0 Å². The minimum atomic E-state index is -0.320. The standard InChI is InChI=1S/C25H30N4O3/c30-14-20-19-13-28-21(7-6-18(25(28)32)16-8-10-26-11-9-16)22(19)29(12-15-4-5-15)23(20)24(31)27-17-2-1-3-17/h6-11,15,17,19-20,22-23,30H,1-5,12-14H2,(H,27,31)/t19-,20-,22+,23-/m0/s1. The second kappa shape index (κ2) is 7.81. The molecular weight excluding hydrogens is 404 g/mol. The zero-order chi connectivity index (χ0) is 21.8. The molecule has 0 spiro atoms. The highest BCUT2D eigenvalue weighted by molar-refractivity contribution is 5.83. The van der Waals surface area contributed by atoms with Gasteiger partial charge in [-0.15, -0.1) is 0 Å². The summed E-state index contributed by atoms with van der Waals surface area (Å²) in [6, 6.07) is 7.65. The molecule has 4 heterocycles. The first-order valence-corrected chi connectivity index (χ1v) is 12.0. The quantitative estimate of drug-likeness (QED) is 0.726. The highest BCUT2D eigenvalue weighted by atomic mass is 16.3. The van der Waals surface area contributed by atoms with Gasteiger partial charge in [-0.25, -0.2) is 0 Å². The number of amides is 1. The number of rotatable bonds is 6. The predicted octanol–water partition coefficient (Wildman–Crippen LogP) is 1.95. The largest absolute Gasteiger partial charge is 0.396 e. The Morgan fingerprint density at radius 1 is 1.12 bits per heavy atom. The lowest BCUT2D eigenvalue weighted by atomic mass is 9.87. The molecule has 0 bridgehead atoms. The van der Waals surface area contributed by atoms with Gasteiger partial charge in [-0.05, 0) is 67.9 Å². The highest BCUT2D eigenvalue weighted by Crippen LogP contribution is 2.51. The molecule has 2 N–H and O–H groups in total. The molecule has 2 aliphatic carbocycles. The van der Waals surface area contributed by atoms with E-state index in [-0.39, 0.29) is 48.0 Å². The van der Waals surface area contributed by atoms with Gasteiger partial charge in [0.15, 0.2) is 0 Å².